The van der Waals surface area contributed by atoms with Crippen LogP contribution in [0.5, 0.6) is 11.5 Å². The van der Waals surface area contributed by atoms with Crippen molar-refractivity contribution >= 4 is 17.2 Å². The van der Waals surface area contributed by atoms with Gasteiger partial charge in [-0.3, -0.25) is 4.79 Å². The molecule has 0 radical (unpaired) electrons. The van der Waals surface area contributed by atoms with E-state index < -0.39 is 0 Å². The van der Waals surface area contributed by atoms with Crippen molar-refractivity contribution in [3.05, 3.63) is 45.6 Å². The quantitative estimate of drug-likeness (QED) is 0.943. The van der Waals surface area contributed by atoms with Crippen LogP contribution in [0.4, 0.5) is 0 Å². The second-order valence-corrected chi connectivity index (χ2v) is 5.87. The van der Waals surface area contributed by atoms with Crippen LogP contribution in [0, 0.1) is 6.92 Å². The summed E-state index contributed by atoms with van der Waals surface area (Å²) in [5, 5.41) is 4.86. The van der Waals surface area contributed by atoms with E-state index in [0.717, 1.165) is 21.9 Å². The molecule has 1 aliphatic rings. The maximum Gasteiger partial charge on any atom is 0.252 e. The maximum atomic E-state index is 12.1. The van der Waals surface area contributed by atoms with E-state index in [2.05, 4.69) is 5.32 Å². The third-order valence-electron chi connectivity index (χ3n) is 3.24. The number of carbonyl (C=O) groups excluding carboxylic acids is 1. The van der Waals surface area contributed by atoms with Crippen LogP contribution in [0.15, 0.2) is 29.6 Å². The molecule has 1 amide bonds. The molecule has 2 aromatic rings. The first kappa shape index (κ1) is 13.0. The lowest BCUT2D eigenvalue weighted by molar-refractivity contribution is 0.0940. The molecule has 20 heavy (non-hydrogen) atoms. The second-order valence-electron chi connectivity index (χ2n) is 4.75. The van der Waals surface area contributed by atoms with E-state index in [4.69, 9.17) is 9.47 Å². The Bertz CT molecular complexity index is 650. The maximum absolute atomic E-state index is 12.1. The van der Waals surface area contributed by atoms with Gasteiger partial charge in [-0.2, -0.15) is 0 Å². The number of ether oxygens (including phenoxy) is 2. The standard InChI is InChI=1S/C15H15NO3S/c1-9-5-12(7-20-9)15(17)16-10(2)11-3-4-13-14(6-11)19-8-18-13/h3-7,10H,8H2,1-2H3,(H,16,17)/t10-/m0/s1. The monoisotopic (exact) mass is 289 g/mol. The number of hydrogen-bond donors (Lipinski definition) is 1. The molecule has 1 aromatic carbocycles. The molecule has 1 N–H and O–H groups in total. The van der Waals surface area contributed by atoms with Gasteiger partial charge in [-0.25, -0.2) is 0 Å². The number of fused-ring (bicyclic) bond motifs is 1. The number of hydrogen-bond acceptors (Lipinski definition) is 4. The summed E-state index contributed by atoms with van der Waals surface area (Å²) in [7, 11) is 0. The van der Waals surface area contributed by atoms with Gasteiger partial charge in [-0.1, -0.05) is 6.07 Å². The number of nitrogens with one attached hydrogen (secondary N) is 1. The highest BCUT2D eigenvalue weighted by Gasteiger charge is 2.17. The third-order valence-corrected chi connectivity index (χ3v) is 4.10. The van der Waals surface area contributed by atoms with E-state index in [9.17, 15) is 4.79 Å². The minimum atomic E-state index is -0.0859. The first-order chi connectivity index (χ1) is 9.63. The summed E-state index contributed by atoms with van der Waals surface area (Å²) < 4.78 is 10.6. The first-order valence-electron chi connectivity index (χ1n) is 6.39. The van der Waals surface area contributed by atoms with Gasteiger partial charge >= 0.3 is 0 Å². The van der Waals surface area contributed by atoms with Crippen LogP contribution in [0.25, 0.3) is 0 Å². The van der Waals surface area contributed by atoms with Crippen molar-refractivity contribution in [2.45, 2.75) is 19.9 Å². The zero-order chi connectivity index (χ0) is 14.1. The molecule has 0 spiro atoms. The van der Waals surface area contributed by atoms with Crippen LogP contribution in [0.2, 0.25) is 0 Å². The van der Waals surface area contributed by atoms with E-state index in [-0.39, 0.29) is 18.7 Å². The fourth-order valence-corrected chi connectivity index (χ4v) is 2.79. The van der Waals surface area contributed by atoms with Crippen LogP contribution in [0.1, 0.15) is 33.8 Å². The Morgan fingerprint density at radius 3 is 2.85 bits per heavy atom. The minimum absolute atomic E-state index is 0.0560. The predicted octanol–water partition coefficient (Wildman–Crippen LogP) is 3.28. The van der Waals surface area contributed by atoms with Gasteiger partial charge in [0.05, 0.1) is 11.6 Å². The Morgan fingerprint density at radius 2 is 2.10 bits per heavy atom. The van der Waals surface area contributed by atoms with Crippen molar-refractivity contribution < 1.29 is 14.3 Å². The minimum Gasteiger partial charge on any atom is -0.454 e. The lowest BCUT2D eigenvalue weighted by Gasteiger charge is -2.14. The number of amides is 1. The van der Waals surface area contributed by atoms with E-state index in [1.54, 1.807) is 11.3 Å². The molecule has 3 rings (SSSR count). The third kappa shape index (κ3) is 2.49. The fraction of sp³-hybridized carbons (Fsp3) is 0.267. The van der Waals surface area contributed by atoms with Crippen molar-refractivity contribution in [2.24, 2.45) is 0 Å². The SMILES string of the molecule is Cc1cc(C(=O)N[C@@H](C)c2ccc3c(c2)OCO3)cs1. The molecule has 0 fully saturated rings. The van der Waals surface area contributed by atoms with Crippen LogP contribution in [0.3, 0.4) is 0 Å². The summed E-state index contributed by atoms with van der Waals surface area (Å²) in [4.78, 5) is 13.2. The molecule has 0 unspecified atom stereocenters. The highest BCUT2D eigenvalue weighted by atomic mass is 32.1. The van der Waals surface area contributed by atoms with Crippen LogP contribution >= 0.6 is 11.3 Å². The fourth-order valence-electron chi connectivity index (χ4n) is 2.11. The average molecular weight is 289 g/mol. The van der Waals surface area contributed by atoms with Crippen molar-refractivity contribution in [1.82, 2.24) is 5.32 Å². The summed E-state index contributed by atoms with van der Waals surface area (Å²) in [5.74, 6) is 1.43. The summed E-state index contributed by atoms with van der Waals surface area (Å²) in [5.41, 5.74) is 1.70. The molecular weight excluding hydrogens is 274 g/mol. The average Bonchev–Trinajstić information content (AvgIpc) is 3.05. The lowest BCUT2D eigenvalue weighted by atomic mass is 10.1. The van der Waals surface area contributed by atoms with Crippen molar-refractivity contribution in [3.8, 4) is 11.5 Å². The summed E-state index contributed by atoms with van der Waals surface area (Å²) in [6.45, 7) is 4.20. The Hall–Kier alpha value is -2.01. The molecule has 1 atom stereocenters. The number of thiophene rings is 1. The van der Waals surface area contributed by atoms with Crippen molar-refractivity contribution in [2.75, 3.05) is 6.79 Å². The lowest BCUT2D eigenvalue weighted by Crippen LogP contribution is -2.26. The Labute approximate surface area is 121 Å². The van der Waals surface area contributed by atoms with E-state index in [1.165, 1.54) is 0 Å². The van der Waals surface area contributed by atoms with Crippen LogP contribution in [-0.4, -0.2) is 12.7 Å². The molecule has 1 aromatic heterocycles. The van der Waals surface area contributed by atoms with Crippen LogP contribution in [-0.2, 0) is 0 Å². The molecule has 4 nitrogen and oxygen atoms in total. The Kier molecular flexibility index (Phi) is 3.36. The molecule has 0 saturated heterocycles. The van der Waals surface area contributed by atoms with Gasteiger partial charge in [-0.15, -0.1) is 11.3 Å². The van der Waals surface area contributed by atoms with Gasteiger partial charge < -0.3 is 14.8 Å². The molecule has 2 heterocycles. The summed E-state index contributed by atoms with van der Waals surface area (Å²) >= 11 is 1.57. The smallest absolute Gasteiger partial charge is 0.252 e. The first-order valence-corrected chi connectivity index (χ1v) is 7.27. The Morgan fingerprint density at radius 1 is 1.30 bits per heavy atom. The van der Waals surface area contributed by atoms with Gasteiger partial charge in [0.25, 0.3) is 5.91 Å². The molecule has 5 heteroatoms. The van der Waals surface area contributed by atoms with Gasteiger partial charge in [-0.05, 0) is 37.6 Å². The molecule has 104 valence electrons. The van der Waals surface area contributed by atoms with E-state index >= 15 is 0 Å². The van der Waals surface area contributed by atoms with Gasteiger partial charge in [0, 0.05) is 10.3 Å². The zero-order valence-corrected chi connectivity index (χ0v) is 12.1. The highest BCUT2D eigenvalue weighted by molar-refractivity contribution is 7.10. The number of carbonyl (C=O) groups is 1. The summed E-state index contributed by atoms with van der Waals surface area (Å²) in [6, 6.07) is 7.53. The number of aryl methyl sites for hydroxylation is 1. The number of rotatable bonds is 3. The highest BCUT2D eigenvalue weighted by Crippen LogP contribution is 2.34. The van der Waals surface area contributed by atoms with E-state index in [0.29, 0.717) is 5.56 Å². The van der Waals surface area contributed by atoms with Gasteiger partial charge in [0.1, 0.15) is 0 Å². The van der Waals surface area contributed by atoms with Crippen LogP contribution < -0.4 is 14.8 Å². The van der Waals surface area contributed by atoms with Crippen molar-refractivity contribution in [1.29, 1.82) is 0 Å². The van der Waals surface area contributed by atoms with Gasteiger partial charge in [0.15, 0.2) is 11.5 Å². The van der Waals surface area contributed by atoms with Crippen molar-refractivity contribution in [3.63, 3.8) is 0 Å². The molecule has 0 bridgehead atoms. The topological polar surface area (TPSA) is 47.6 Å². The summed E-state index contributed by atoms with van der Waals surface area (Å²) in [6.07, 6.45) is 0. The molecule has 0 aliphatic carbocycles. The number of benzene rings is 1. The largest absolute Gasteiger partial charge is 0.454 e. The molecule has 0 saturated carbocycles. The predicted molar refractivity (Wildman–Crippen MR) is 77.5 cm³/mol. The van der Waals surface area contributed by atoms with Gasteiger partial charge in [0.2, 0.25) is 6.79 Å². The Balaban J connectivity index is 1.73. The second kappa shape index (κ2) is 5.17. The zero-order valence-electron chi connectivity index (χ0n) is 11.3. The molecule has 1 aliphatic heterocycles. The molecular formula is C15H15NO3S. The van der Waals surface area contributed by atoms with E-state index in [1.807, 2.05) is 43.5 Å². The normalized spacial score (nSPS) is 14.1.